The maximum Gasteiger partial charge on any atom is 0.140 e. The van der Waals surface area contributed by atoms with Crippen LogP contribution >= 0.6 is 0 Å². The molecule has 0 spiro atoms. The molecule has 4 heteroatoms. The van der Waals surface area contributed by atoms with Crippen LogP contribution in [0.1, 0.15) is 0 Å². The summed E-state index contributed by atoms with van der Waals surface area (Å²) in [5.41, 5.74) is 9.64. The Kier molecular flexibility index (Phi) is 4.70. The number of aromatic nitrogens is 3. The molecule has 0 amide bonds. The summed E-state index contributed by atoms with van der Waals surface area (Å²) in [7, 11) is 2.07. The van der Waals surface area contributed by atoms with Gasteiger partial charge in [-0.05, 0) is 70.1 Å². The Morgan fingerprint density at radius 1 is 0.641 bits per heavy atom. The molecular weight excluding hydrogens is 478 g/mol. The Morgan fingerprint density at radius 3 is 2.36 bits per heavy atom. The third-order valence-corrected chi connectivity index (χ3v) is 7.71. The largest absolute Gasteiger partial charge is 0.456 e. The molecule has 0 atom stereocenters. The lowest BCUT2D eigenvalue weighted by Crippen LogP contribution is -1.92. The molecule has 0 bridgehead atoms. The van der Waals surface area contributed by atoms with Crippen molar-refractivity contribution in [3.63, 3.8) is 0 Å². The third-order valence-electron chi connectivity index (χ3n) is 7.71. The van der Waals surface area contributed by atoms with Crippen molar-refractivity contribution in [3.05, 3.63) is 122 Å². The lowest BCUT2D eigenvalue weighted by Gasteiger charge is -2.07. The highest BCUT2D eigenvalue weighted by molar-refractivity contribution is 6.13. The number of hydrogen-bond donors (Lipinski definition) is 0. The lowest BCUT2D eigenvalue weighted by molar-refractivity contribution is 0.669. The molecule has 0 N–H and O–H groups in total. The molecule has 3 heterocycles. The monoisotopic (exact) mass is 501 g/mol. The average molecular weight is 502 g/mol. The number of hydrogen-bond acceptors (Lipinski definition) is 3. The summed E-state index contributed by atoms with van der Waals surface area (Å²) in [6.07, 6.45) is 3.75. The number of para-hydroxylation sites is 2. The zero-order chi connectivity index (χ0) is 25.9. The van der Waals surface area contributed by atoms with Crippen LogP contribution in [0.15, 0.2) is 126 Å². The van der Waals surface area contributed by atoms with Crippen molar-refractivity contribution in [2.75, 3.05) is 0 Å². The molecule has 3 aromatic heterocycles. The zero-order valence-corrected chi connectivity index (χ0v) is 21.3. The van der Waals surface area contributed by atoms with Crippen LogP contribution in [-0.4, -0.2) is 14.5 Å². The fourth-order valence-electron chi connectivity index (χ4n) is 5.71. The van der Waals surface area contributed by atoms with E-state index in [2.05, 4.69) is 108 Å². The molecule has 0 radical (unpaired) electrons. The maximum atomic E-state index is 6.29. The Labute approximate surface area is 224 Å². The quantitative estimate of drug-likeness (QED) is 0.243. The molecule has 8 rings (SSSR count). The van der Waals surface area contributed by atoms with Gasteiger partial charge in [0.1, 0.15) is 17.0 Å². The minimum atomic E-state index is 0.889. The first-order chi connectivity index (χ1) is 19.2. The van der Waals surface area contributed by atoms with Crippen LogP contribution in [0.4, 0.5) is 0 Å². The number of aryl methyl sites for hydroxylation is 1. The van der Waals surface area contributed by atoms with E-state index in [1.54, 1.807) is 0 Å². The molecule has 0 aliphatic heterocycles. The Hall–Kier alpha value is -5.22. The van der Waals surface area contributed by atoms with Gasteiger partial charge in [-0.1, -0.05) is 66.7 Å². The van der Waals surface area contributed by atoms with E-state index in [9.17, 15) is 0 Å². The van der Waals surface area contributed by atoms with Gasteiger partial charge in [0.05, 0.1) is 11.0 Å². The molecule has 4 nitrogen and oxygen atoms in total. The molecule has 0 aliphatic carbocycles. The van der Waals surface area contributed by atoms with Crippen molar-refractivity contribution in [2.45, 2.75) is 0 Å². The smallest absolute Gasteiger partial charge is 0.140 e. The second-order valence-electron chi connectivity index (χ2n) is 9.99. The lowest BCUT2D eigenvalue weighted by atomic mass is 9.96. The van der Waals surface area contributed by atoms with E-state index in [0.717, 1.165) is 72.0 Å². The summed E-state index contributed by atoms with van der Waals surface area (Å²) in [5.74, 6) is 0.967. The molecule has 0 fully saturated rings. The SMILES string of the molecule is Cn1c(-c2ccc(-c3ccc4oc5cccc(-c6ccc7ccncc7c6)c5c4c3)cc2)nc2ccccc21. The fourth-order valence-corrected chi connectivity index (χ4v) is 5.71. The van der Waals surface area contributed by atoms with E-state index < -0.39 is 0 Å². The summed E-state index contributed by atoms with van der Waals surface area (Å²) < 4.78 is 8.44. The molecule has 0 saturated heterocycles. The van der Waals surface area contributed by atoms with E-state index in [1.165, 1.54) is 5.39 Å². The summed E-state index contributed by atoms with van der Waals surface area (Å²) in [4.78, 5) is 9.17. The zero-order valence-electron chi connectivity index (χ0n) is 21.3. The standard InChI is InChI=1S/C35H23N3O/c1-38-31-7-3-2-6-30(31)37-35(38)24-12-9-22(10-13-24)25-15-16-32-29(20-25)34-28(5-4-8-33(34)39-32)26-14-11-23-17-18-36-21-27(23)19-26/h2-21H,1H3. The Morgan fingerprint density at radius 2 is 1.46 bits per heavy atom. The Balaban J connectivity index is 1.24. The van der Waals surface area contributed by atoms with Crippen LogP contribution in [0.5, 0.6) is 0 Å². The predicted octanol–water partition coefficient (Wildman–Crippen LogP) is 9.02. The van der Waals surface area contributed by atoms with E-state index in [4.69, 9.17) is 9.40 Å². The second kappa shape index (κ2) is 8.40. The number of nitrogens with zero attached hydrogens (tertiary/aromatic N) is 3. The van der Waals surface area contributed by atoms with Gasteiger partial charge in [0.15, 0.2) is 0 Å². The number of furan rings is 1. The minimum Gasteiger partial charge on any atom is -0.456 e. The first-order valence-electron chi connectivity index (χ1n) is 13.0. The van der Waals surface area contributed by atoms with Gasteiger partial charge in [0.2, 0.25) is 0 Å². The highest BCUT2D eigenvalue weighted by Crippen LogP contribution is 2.39. The van der Waals surface area contributed by atoms with Crippen LogP contribution in [0.25, 0.3) is 77.4 Å². The van der Waals surface area contributed by atoms with Crippen LogP contribution in [0.2, 0.25) is 0 Å². The molecule has 0 saturated carbocycles. The number of pyridine rings is 1. The summed E-state index contributed by atoms with van der Waals surface area (Å²) in [6.45, 7) is 0. The number of fused-ring (bicyclic) bond motifs is 5. The highest BCUT2D eigenvalue weighted by Gasteiger charge is 2.15. The van der Waals surface area contributed by atoms with Gasteiger partial charge in [0, 0.05) is 41.2 Å². The highest BCUT2D eigenvalue weighted by atomic mass is 16.3. The topological polar surface area (TPSA) is 43.9 Å². The van der Waals surface area contributed by atoms with E-state index in [-0.39, 0.29) is 0 Å². The summed E-state index contributed by atoms with van der Waals surface area (Å²) in [6, 6.07) is 38.2. The van der Waals surface area contributed by atoms with Crippen molar-refractivity contribution in [3.8, 4) is 33.6 Å². The van der Waals surface area contributed by atoms with Crippen molar-refractivity contribution < 1.29 is 4.42 Å². The van der Waals surface area contributed by atoms with E-state index in [0.29, 0.717) is 0 Å². The van der Waals surface area contributed by atoms with Gasteiger partial charge in [0.25, 0.3) is 0 Å². The third kappa shape index (κ3) is 3.46. The molecule has 0 unspecified atom stereocenters. The van der Waals surface area contributed by atoms with Gasteiger partial charge >= 0.3 is 0 Å². The van der Waals surface area contributed by atoms with E-state index in [1.807, 2.05) is 30.6 Å². The maximum absolute atomic E-state index is 6.29. The predicted molar refractivity (Wildman–Crippen MR) is 160 cm³/mol. The van der Waals surface area contributed by atoms with Crippen LogP contribution in [0.3, 0.4) is 0 Å². The molecular formula is C35H23N3O. The van der Waals surface area contributed by atoms with Crippen molar-refractivity contribution in [1.82, 2.24) is 14.5 Å². The van der Waals surface area contributed by atoms with Crippen molar-refractivity contribution in [1.29, 1.82) is 0 Å². The first-order valence-corrected chi connectivity index (χ1v) is 13.0. The van der Waals surface area contributed by atoms with Crippen molar-refractivity contribution in [2.24, 2.45) is 7.05 Å². The summed E-state index contributed by atoms with van der Waals surface area (Å²) in [5, 5.41) is 4.56. The van der Waals surface area contributed by atoms with Crippen LogP contribution in [0, 0.1) is 0 Å². The molecule has 5 aromatic carbocycles. The molecule has 184 valence electrons. The van der Waals surface area contributed by atoms with Crippen molar-refractivity contribution >= 4 is 43.7 Å². The first kappa shape index (κ1) is 21.8. The van der Waals surface area contributed by atoms with Gasteiger partial charge in [-0.15, -0.1) is 0 Å². The van der Waals surface area contributed by atoms with E-state index >= 15 is 0 Å². The van der Waals surface area contributed by atoms with Gasteiger partial charge in [-0.25, -0.2) is 4.98 Å². The van der Waals surface area contributed by atoms with Crippen LogP contribution in [-0.2, 0) is 7.05 Å². The van der Waals surface area contributed by atoms with Gasteiger partial charge < -0.3 is 8.98 Å². The number of rotatable bonds is 3. The fraction of sp³-hybridized carbons (Fsp3) is 0.0286. The Bertz CT molecular complexity index is 2180. The molecule has 8 aromatic rings. The molecule has 0 aliphatic rings. The average Bonchev–Trinajstić information content (AvgIpc) is 3.54. The number of imidazole rings is 1. The number of benzene rings is 5. The van der Waals surface area contributed by atoms with Gasteiger partial charge in [-0.3, -0.25) is 4.98 Å². The normalized spacial score (nSPS) is 11.7. The van der Waals surface area contributed by atoms with Gasteiger partial charge in [-0.2, -0.15) is 0 Å². The van der Waals surface area contributed by atoms with Crippen LogP contribution < -0.4 is 0 Å². The summed E-state index contributed by atoms with van der Waals surface area (Å²) >= 11 is 0. The molecule has 39 heavy (non-hydrogen) atoms. The second-order valence-corrected chi connectivity index (χ2v) is 9.99. The minimum absolute atomic E-state index is 0.889.